The average Bonchev–Trinajstić information content (AvgIpc) is 2.33. The van der Waals surface area contributed by atoms with Crippen molar-refractivity contribution in [1.82, 2.24) is 5.32 Å². The highest BCUT2D eigenvalue weighted by molar-refractivity contribution is 7.90. The highest BCUT2D eigenvalue weighted by Gasteiger charge is 2.15. The molecule has 0 atom stereocenters. The van der Waals surface area contributed by atoms with E-state index in [-0.39, 0.29) is 4.90 Å². The molecule has 19 heavy (non-hydrogen) atoms. The van der Waals surface area contributed by atoms with Crippen LogP contribution in [0, 0.1) is 12.3 Å². The Balaban J connectivity index is 2.66. The Morgan fingerprint density at radius 1 is 1.37 bits per heavy atom. The van der Waals surface area contributed by atoms with E-state index in [2.05, 4.69) is 11.2 Å². The van der Waals surface area contributed by atoms with E-state index in [1.54, 1.807) is 18.2 Å². The highest BCUT2D eigenvalue weighted by atomic mass is 35.5. The van der Waals surface area contributed by atoms with Crippen molar-refractivity contribution < 1.29 is 8.42 Å². The summed E-state index contributed by atoms with van der Waals surface area (Å²) in [6, 6.07) is 4.93. The zero-order valence-electron chi connectivity index (χ0n) is 10.9. The van der Waals surface area contributed by atoms with E-state index in [1.807, 2.05) is 0 Å². The third-order valence-electron chi connectivity index (χ3n) is 2.70. The molecule has 104 valence electrons. The topological polar surface area (TPSA) is 46.2 Å². The van der Waals surface area contributed by atoms with Gasteiger partial charge in [-0.3, -0.25) is 0 Å². The smallest absolute Gasteiger partial charge is 0.175 e. The summed E-state index contributed by atoms with van der Waals surface area (Å²) in [4.78, 5) is 0.288. The maximum atomic E-state index is 11.7. The lowest BCUT2D eigenvalue weighted by atomic mass is 10.2. The van der Waals surface area contributed by atoms with Crippen molar-refractivity contribution in [3.63, 3.8) is 0 Å². The van der Waals surface area contributed by atoms with Crippen LogP contribution < -0.4 is 5.32 Å². The Bertz CT molecular complexity index is 561. The Kier molecular flexibility index (Phi) is 6.36. The second kappa shape index (κ2) is 7.54. The number of unbranched alkanes of at least 4 members (excludes halogenated alkanes) is 2. The van der Waals surface area contributed by atoms with E-state index in [0.29, 0.717) is 17.1 Å². The van der Waals surface area contributed by atoms with Gasteiger partial charge in [-0.1, -0.05) is 17.7 Å². The van der Waals surface area contributed by atoms with E-state index >= 15 is 0 Å². The highest BCUT2D eigenvalue weighted by Crippen LogP contribution is 2.23. The van der Waals surface area contributed by atoms with E-state index in [0.717, 1.165) is 25.8 Å². The average molecular weight is 300 g/mol. The lowest BCUT2D eigenvalue weighted by Crippen LogP contribution is -2.17. The van der Waals surface area contributed by atoms with Crippen molar-refractivity contribution in [2.45, 2.75) is 30.7 Å². The molecule has 0 aliphatic carbocycles. The molecule has 0 aromatic heterocycles. The Morgan fingerprint density at radius 3 is 2.74 bits per heavy atom. The van der Waals surface area contributed by atoms with Gasteiger partial charge in [-0.05, 0) is 31.5 Å². The minimum absolute atomic E-state index is 0.288. The molecule has 5 heteroatoms. The number of hydrogen-bond donors (Lipinski definition) is 1. The van der Waals surface area contributed by atoms with E-state index in [1.165, 1.54) is 6.26 Å². The molecule has 1 aromatic rings. The number of hydrogen-bond acceptors (Lipinski definition) is 3. The SMILES string of the molecule is C#CCCCCNCc1c(Cl)cccc1S(C)(=O)=O. The zero-order chi connectivity index (χ0) is 14.3. The van der Waals surface area contributed by atoms with Gasteiger partial charge in [0, 0.05) is 29.8 Å². The van der Waals surface area contributed by atoms with Gasteiger partial charge in [0.05, 0.1) is 4.90 Å². The fourth-order valence-corrected chi connectivity index (χ4v) is 3.00. The molecule has 0 spiro atoms. The van der Waals surface area contributed by atoms with Gasteiger partial charge >= 0.3 is 0 Å². The van der Waals surface area contributed by atoms with Crippen molar-refractivity contribution in [1.29, 1.82) is 0 Å². The molecule has 0 saturated heterocycles. The Labute approximate surface area is 120 Å². The predicted molar refractivity (Wildman–Crippen MR) is 79.0 cm³/mol. The van der Waals surface area contributed by atoms with Crippen LogP contribution in [0.5, 0.6) is 0 Å². The van der Waals surface area contributed by atoms with Crippen LogP contribution >= 0.6 is 11.6 Å². The standard InChI is InChI=1S/C14H18ClNO2S/c1-3-4-5-6-10-16-11-12-13(15)8-7-9-14(12)19(2,17)18/h1,7-9,16H,4-6,10-11H2,2H3. The molecule has 1 aromatic carbocycles. The second-order valence-electron chi connectivity index (χ2n) is 4.33. The predicted octanol–water partition coefficient (Wildman–Crippen LogP) is 2.64. The third-order valence-corrected chi connectivity index (χ3v) is 4.24. The van der Waals surface area contributed by atoms with Crippen molar-refractivity contribution >= 4 is 21.4 Å². The molecular weight excluding hydrogens is 282 g/mol. The van der Waals surface area contributed by atoms with Gasteiger partial charge < -0.3 is 5.32 Å². The van der Waals surface area contributed by atoms with Crippen LogP contribution in [-0.2, 0) is 16.4 Å². The fraction of sp³-hybridized carbons (Fsp3) is 0.429. The number of sulfone groups is 1. The number of nitrogens with one attached hydrogen (secondary N) is 1. The maximum Gasteiger partial charge on any atom is 0.175 e. The summed E-state index contributed by atoms with van der Waals surface area (Å²) >= 11 is 6.07. The van der Waals surface area contributed by atoms with Crippen molar-refractivity contribution in [2.24, 2.45) is 0 Å². The van der Waals surface area contributed by atoms with Gasteiger partial charge in [0.2, 0.25) is 0 Å². The summed E-state index contributed by atoms with van der Waals surface area (Å²) in [5.74, 6) is 2.59. The first kappa shape index (κ1) is 16.0. The molecule has 0 aliphatic heterocycles. The summed E-state index contributed by atoms with van der Waals surface area (Å²) in [5.41, 5.74) is 0.628. The lowest BCUT2D eigenvalue weighted by Gasteiger charge is -2.11. The van der Waals surface area contributed by atoms with Crippen molar-refractivity contribution in [3.05, 3.63) is 28.8 Å². The number of benzene rings is 1. The van der Waals surface area contributed by atoms with Gasteiger partial charge in [-0.15, -0.1) is 12.3 Å². The zero-order valence-corrected chi connectivity index (χ0v) is 12.5. The molecule has 0 amide bonds. The molecule has 0 heterocycles. The molecule has 0 aliphatic rings. The van der Waals surface area contributed by atoms with Crippen LogP contribution in [0.1, 0.15) is 24.8 Å². The molecule has 0 unspecified atom stereocenters. The molecule has 0 fully saturated rings. The maximum absolute atomic E-state index is 11.7. The number of terminal acetylenes is 1. The number of halogens is 1. The third kappa shape index (κ3) is 5.23. The van der Waals surface area contributed by atoms with Gasteiger partial charge in [-0.25, -0.2) is 8.42 Å². The Morgan fingerprint density at radius 2 is 2.11 bits per heavy atom. The van der Waals surface area contributed by atoms with Gasteiger partial charge in [-0.2, -0.15) is 0 Å². The van der Waals surface area contributed by atoms with E-state index in [9.17, 15) is 8.42 Å². The molecule has 0 radical (unpaired) electrons. The monoisotopic (exact) mass is 299 g/mol. The van der Waals surface area contributed by atoms with Crippen molar-refractivity contribution in [3.8, 4) is 12.3 Å². The minimum atomic E-state index is -3.26. The molecule has 1 N–H and O–H groups in total. The van der Waals surface area contributed by atoms with Crippen LogP contribution in [0.2, 0.25) is 5.02 Å². The summed E-state index contributed by atoms with van der Waals surface area (Å²) < 4.78 is 23.3. The van der Waals surface area contributed by atoms with Crippen LogP contribution in [0.25, 0.3) is 0 Å². The summed E-state index contributed by atoms with van der Waals surface area (Å²) in [7, 11) is -3.26. The minimum Gasteiger partial charge on any atom is -0.313 e. The summed E-state index contributed by atoms with van der Waals surface area (Å²) in [6.45, 7) is 1.23. The van der Waals surface area contributed by atoms with Crippen LogP contribution in [0.15, 0.2) is 23.1 Å². The molecule has 3 nitrogen and oxygen atoms in total. The van der Waals surface area contributed by atoms with E-state index < -0.39 is 9.84 Å². The largest absolute Gasteiger partial charge is 0.313 e. The van der Waals surface area contributed by atoms with Crippen LogP contribution in [-0.4, -0.2) is 21.2 Å². The van der Waals surface area contributed by atoms with Crippen molar-refractivity contribution in [2.75, 3.05) is 12.8 Å². The quantitative estimate of drug-likeness (QED) is 0.622. The fourth-order valence-electron chi connectivity index (χ4n) is 1.75. The molecule has 1 rings (SSSR count). The number of rotatable bonds is 7. The van der Waals surface area contributed by atoms with Gasteiger partial charge in [0.15, 0.2) is 9.84 Å². The van der Waals surface area contributed by atoms with E-state index in [4.69, 9.17) is 18.0 Å². The first-order valence-electron chi connectivity index (χ1n) is 6.08. The van der Waals surface area contributed by atoms with Crippen LogP contribution in [0.4, 0.5) is 0 Å². The molecular formula is C14H18ClNO2S. The lowest BCUT2D eigenvalue weighted by molar-refractivity contribution is 0.595. The van der Waals surface area contributed by atoms with Crippen LogP contribution in [0.3, 0.4) is 0 Å². The second-order valence-corrected chi connectivity index (χ2v) is 6.72. The first-order valence-corrected chi connectivity index (χ1v) is 8.35. The summed E-state index contributed by atoms with van der Waals surface area (Å²) in [6.07, 6.45) is 9.05. The van der Waals surface area contributed by atoms with Gasteiger partial charge in [0.25, 0.3) is 0 Å². The molecule has 0 bridgehead atoms. The molecule has 0 saturated carbocycles. The normalized spacial score (nSPS) is 11.2. The Hall–Kier alpha value is -1.02. The summed E-state index contributed by atoms with van der Waals surface area (Å²) in [5, 5.41) is 3.67. The van der Waals surface area contributed by atoms with Gasteiger partial charge in [0.1, 0.15) is 0 Å². The first-order chi connectivity index (χ1) is 8.96.